The number of Topliss-reactive ketones (excluding diaryl/α,β-unsaturated/α-hetero) is 1. The van der Waals surface area contributed by atoms with Crippen molar-refractivity contribution < 1.29 is 4.79 Å². The molecular weight excluding hydrogens is 256 g/mol. The molecule has 1 heteroatoms. The van der Waals surface area contributed by atoms with Crippen LogP contribution in [0, 0.1) is 0 Å². The number of carbonyl (C=O) groups is 1. The van der Waals surface area contributed by atoms with E-state index in [1.165, 1.54) is 32.3 Å². The van der Waals surface area contributed by atoms with Gasteiger partial charge in [0.05, 0.1) is 0 Å². The predicted molar refractivity (Wildman–Crippen MR) is 89.2 cm³/mol. The molecule has 0 N–H and O–H groups in total. The zero-order valence-electron chi connectivity index (χ0n) is 12.2. The largest absolute Gasteiger partial charge is 0.299 e. The fraction of sp³-hybridized carbons (Fsp3) is 0.150. The molecule has 4 aromatic rings. The van der Waals surface area contributed by atoms with Crippen LogP contribution in [-0.2, 0) is 4.79 Å². The maximum atomic E-state index is 11.8. The van der Waals surface area contributed by atoms with Gasteiger partial charge in [0.2, 0.25) is 0 Å². The molecule has 102 valence electrons. The normalized spacial score (nSPS) is 13.2. The minimum absolute atomic E-state index is 0.0606. The molecule has 4 rings (SSSR count). The second-order valence-corrected chi connectivity index (χ2v) is 5.84. The van der Waals surface area contributed by atoms with E-state index >= 15 is 0 Å². The highest BCUT2D eigenvalue weighted by molar-refractivity contribution is 6.23. The molecule has 4 aromatic carbocycles. The van der Waals surface area contributed by atoms with Gasteiger partial charge < -0.3 is 0 Å². The molecule has 0 bridgehead atoms. The summed E-state index contributed by atoms with van der Waals surface area (Å²) < 4.78 is 0. The summed E-state index contributed by atoms with van der Waals surface area (Å²) in [5, 5.41) is 7.58. The molecule has 0 spiro atoms. The molecule has 0 aliphatic carbocycles. The molecule has 0 aliphatic heterocycles. The minimum Gasteiger partial charge on any atom is -0.299 e. The first-order valence-electron chi connectivity index (χ1n) is 7.33. The number of carbonyl (C=O) groups excluding carboxylic acids is 1. The van der Waals surface area contributed by atoms with Gasteiger partial charge in [-0.1, -0.05) is 61.5 Å². The van der Waals surface area contributed by atoms with E-state index in [0.717, 1.165) is 5.56 Å². The van der Waals surface area contributed by atoms with Crippen LogP contribution in [0.1, 0.15) is 25.3 Å². The van der Waals surface area contributed by atoms with Crippen LogP contribution in [0.3, 0.4) is 0 Å². The summed E-state index contributed by atoms with van der Waals surface area (Å²) in [6.45, 7) is 3.66. The number of rotatable bonds is 2. The fourth-order valence-corrected chi connectivity index (χ4v) is 3.35. The van der Waals surface area contributed by atoms with Crippen LogP contribution in [0.4, 0.5) is 0 Å². The van der Waals surface area contributed by atoms with Gasteiger partial charge in [0, 0.05) is 5.92 Å². The predicted octanol–water partition coefficient (Wildman–Crippen LogP) is 5.28. The highest BCUT2D eigenvalue weighted by Crippen LogP contribution is 2.37. The first-order valence-corrected chi connectivity index (χ1v) is 7.33. The highest BCUT2D eigenvalue weighted by atomic mass is 16.1. The summed E-state index contributed by atoms with van der Waals surface area (Å²) in [7, 11) is 0. The standard InChI is InChI=1S/C20H16O/c1-12(13(2)21)17-10-8-16-7-6-14-4-3-5-15-9-11-18(17)20(16)19(14)15/h3-12H,1-2H3. The van der Waals surface area contributed by atoms with Crippen molar-refractivity contribution >= 4 is 38.1 Å². The van der Waals surface area contributed by atoms with Gasteiger partial charge in [0.15, 0.2) is 0 Å². The maximum Gasteiger partial charge on any atom is 0.137 e. The van der Waals surface area contributed by atoms with Gasteiger partial charge in [0.1, 0.15) is 5.78 Å². The number of ketones is 1. The van der Waals surface area contributed by atoms with Crippen molar-refractivity contribution in [3.63, 3.8) is 0 Å². The molecule has 0 fully saturated rings. The Labute approximate surface area is 123 Å². The van der Waals surface area contributed by atoms with Crippen molar-refractivity contribution in [1.29, 1.82) is 0 Å². The molecule has 1 unspecified atom stereocenters. The fourth-order valence-electron chi connectivity index (χ4n) is 3.35. The highest BCUT2D eigenvalue weighted by Gasteiger charge is 2.16. The van der Waals surface area contributed by atoms with Crippen molar-refractivity contribution in [3.05, 3.63) is 60.2 Å². The maximum absolute atomic E-state index is 11.8. The van der Waals surface area contributed by atoms with Crippen LogP contribution in [0.25, 0.3) is 32.3 Å². The van der Waals surface area contributed by atoms with Crippen LogP contribution in [0.2, 0.25) is 0 Å². The zero-order valence-corrected chi connectivity index (χ0v) is 12.2. The van der Waals surface area contributed by atoms with E-state index in [2.05, 4.69) is 54.6 Å². The molecule has 0 saturated carbocycles. The summed E-state index contributed by atoms with van der Waals surface area (Å²) in [6, 6.07) is 19.3. The Morgan fingerprint density at radius 3 is 2.05 bits per heavy atom. The van der Waals surface area contributed by atoms with Crippen molar-refractivity contribution in [2.24, 2.45) is 0 Å². The summed E-state index contributed by atoms with van der Waals surface area (Å²) in [6.07, 6.45) is 0. The lowest BCUT2D eigenvalue weighted by Gasteiger charge is -2.16. The Hall–Kier alpha value is -2.41. The monoisotopic (exact) mass is 272 g/mol. The van der Waals surface area contributed by atoms with Gasteiger partial charge in [-0.3, -0.25) is 4.79 Å². The third kappa shape index (κ3) is 1.67. The van der Waals surface area contributed by atoms with E-state index in [4.69, 9.17) is 0 Å². The van der Waals surface area contributed by atoms with Crippen molar-refractivity contribution in [2.45, 2.75) is 19.8 Å². The topological polar surface area (TPSA) is 17.1 Å². The van der Waals surface area contributed by atoms with Crippen LogP contribution in [0.5, 0.6) is 0 Å². The van der Waals surface area contributed by atoms with E-state index in [1.807, 2.05) is 6.92 Å². The Bertz CT molecular complexity index is 965. The number of benzene rings is 4. The lowest BCUT2D eigenvalue weighted by molar-refractivity contribution is -0.118. The van der Waals surface area contributed by atoms with Gasteiger partial charge >= 0.3 is 0 Å². The molecule has 21 heavy (non-hydrogen) atoms. The van der Waals surface area contributed by atoms with Crippen molar-refractivity contribution in [2.75, 3.05) is 0 Å². The Morgan fingerprint density at radius 1 is 0.810 bits per heavy atom. The Morgan fingerprint density at radius 2 is 1.38 bits per heavy atom. The SMILES string of the molecule is CC(=O)C(C)c1ccc2ccc3cccc4ccc1c2c34. The summed E-state index contributed by atoms with van der Waals surface area (Å²) in [5.74, 6) is 0.152. The van der Waals surface area contributed by atoms with E-state index in [-0.39, 0.29) is 11.7 Å². The molecule has 0 heterocycles. The Kier molecular flexibility index (Phi) is 2.52. The molecule has 0 radical (unpaired) electrons. The van der Waals surface area contributed by atoms with Gasteiger partial charge in [-0.25, -0.2) is 0 Å². The molecule has 0 aliphatic rings. The van der Waals surface area contributed by atoms with Crippen molar-refractivity contribution in [1.82, 2.24) is 0 Å². The second kappa shape index (κ2) is 4.29. The Balaban J connectivity index is 2.23. The summed E-state index contributed by atoms with van der Waals surface area (Å²) in [5.41, 5.74) is 1.13. The van der Waals surface area contributed by atoms with E-state index in [9.17, 15) is 4.79 Å². The quantitative estimate of drug-likeness (QED) is 0.454. The number of hydrogen-bond donors (Lipinski definition) is 0. The van der Waals surface area contributed by atoms with Crippen LogP contribution >= 0.6 is 0 Å². The van der Waals surface area contributed by atoms with Gasteiger partial charge in [-0.05, 0) is 44.8 Å². The average molecular weight is 272 g/mol. The summed E-state index contributed by atoms with van der Waals surface area (Å²) in [4.78, 5) is 11.8. The van der Waals surface area contributed by atoms with Crippen molar-refractivity contribution in [3.8, 4) is 0 Å². The molecule has 1 atom stereocenters. The lowest BCUT2D eigenvalue weighted by Crippen LogP contribution is -2.05. The van der Waals surface area contributed by atoms with Gasteiger partial charge in [0.25, 0.3) is 0 Å². The van der Waals surface area contributed by atoms with Gasteiger partial charge in [-0.15, -0.1) is 0 Å². The molecule has 0 saturated heterocycles. The molecular formula is C20H16O. The lowest BCUT2D eigenvalue weighted by atomic mass is 9.87. The molecule has 0 amide bonds. The second-order valence-electron chi connectivity index (χ2n) is 5.84. The number of hydrogen-bond acceptors (Lipinski definition) is 1. The van der Waals surface area contributed by atoms with Crippen LogP contribution in [-0.4, -0.2) is 5.78 Å². The minimum atomic E-state index is -0.0606. The van der Waals surface area contributed by atoms with Gasteiger partial charge in [-0.2, -0.15) is 0 Å². The first kappa shape index (κ1) is 12.3. The smallest absolute Gasteiger partial charge is 0.137 e. The first-order chi connectivity index (χ1) is 10.2. The van der Waals surface area contributed by atoms with Crippen LogP contribution in [0.15, 0.2) is 54.6 Å². The third-order valence-electron chi connectivity index (χ3n) is 4.64. The van der Waals surface area contributed by atoms with Crippen LogP contribution < -0.4 is 0 Å². The third-order valence-corrected chi connectivity index (χ3v) is 4.64. The summed E-state index contributed by atoms with van der Waals surface area (Å²) >= 11 is 0. The molecule has 1 nitrogen and oxygen atoms in total. The molecule has 0 aromatic heterocycles. The average Bonchev–Trinajstić information content (AvgIpc) is 2.51. The van der Waals surface area contributed by atoms with E-state index in [0.29, 0.717) is 0 Å². The van der Waals surface area contributed by atoms with E-state index in [1.54, 1.807) is 6.92 Å². The van der Waals surface area contributed by atoms with E-state index < -0.39 is 0 Å². The zero-order chi connectivity index (χ0) is 14.6.